The van der Waals surface area contributed by atoms with E-state index in [1.54, 1.807) is 0 Å². The maximum Gasteiger partial charge on any atom is 0.354 e. The quantitative estimate of drug-likeness (QED) is 0.464. The third-order valence-corrected chi connectivity index (χ3v) is 2.29. The van der Waals surface area contributed by atoms with Crippen LogP contribution in [0.25, 0.3) is 11.0 Å². The number of nitro groups is 1. The molecule has 0 radical (unpaired) electrons. The number of non-ortho nitro benzene ring substituents is 1. The van der Waals surface area contributed by atoms with Gasteiger partial charge in [-0.3, -0.25) is 10.1 Å². The van der Waals surface area contributed by atoms with Crippen LogP contribution < -0.4 is 5.63 Å². The normalized spacial score (nSPS) is 10.4. The molecule has 0 aliphatic rings. The van der Waals surface area contributed by atoms with Gasteiger partial charge in [-0.25, -0.2) is 9.59 Å². The van der Waals surface area contributed by atoms with E-state index in [1.807, 2.05) is 0 Å². The molecule has 2 rings (SSSR count). The SMILES string of the molecule is O=C(O)c1c(O)c2ccc([N+](=O)[O-])cc2oc1=O. The van der Waals surface area contributed by atoms with Gasteiger partial charge in [0.05, 0.1) is 16.4 Å². The number of benzene rings is 1. The van der Waals surface area contributed by atoms with E-state index in [4.69, 9.17) is 5.11 Å². The zero-order chi connectivity index (χ0) is 13.4. The van der Waals surface area contributed by atoms with Gasteiger partial charge in [0.1, 0.15) is 11.3 Å². The molecule has 0 saturated carbocycles. The monoisotopic (exact) mass is 251 g/mol. The first-order valence-electron chi connectivity index (χ1n) is 4.59. The second-order valence-electron chi connectivity index (χ2n) is 3.36. The summed E-state index contributed by atoms with van der Waals surface area (Å²) < 4.78 is 4.62. The number of aromatic carboxylic acids is 1. The summed E-state index contributed by atoms with van der Waals surface area (Å²) in [5.41, 5.74) is -2.77. The molecule has 92 valence electrons. The Morgan fingerprint density at radius 3 is 2.61 bits per heavy atom. The highest BCUT2D eigenvalue weighted by Crippen LogP contribution is 2.28. The van der Waals surface area contributed by atoms with Gasteiger partial charge in [-0.1, -0.05) is 0 Å². The Morgan fingerprint density at radius 2 is 2.06 bits per heavy atom. The third-order valence-electron chi connectivity index (χ3n) is 2.29. The van der Waals surface area contributed by atoms with E-state index in [0.29, 0.717) is 0 Å². The highest BCUT2D eigenvalue weighted by atomic mass is 16.6. The lowest BCUT2D eigenvalue weighted by Gasteiger charge is -2.02. The average Bonchev–Trinajstić information content (AvgIpc) is 2.27. The summed E-state index contributed by atoms with van der Waals surface area (Å²) in [7, 11) is 0. The predicted octanol–water partition coefficient (Wildman–Crippen LogP) is 1.10. The highest BCUT2D eigenvalue weighted by Gasteiger charge is 2.21. The van der Waals surface area contributed by atoms with E-state index in [2.05, 4.69) is 4.42 Å². The molecule has 18 heavy (non-hydrogen) atoms. The summed E-state index contributed by atoms with van der Waals surface area (Å²) >= 11 is 0. The number of nitrogens with zero attached hydrogens (tertiary/aromatic N) is 1. The highest BCUT2D eigenvalue weighted by molar-refractivity contribution is 5.97. The van der Waals surface area contributed by atoms with Gasteiger partial charge in [-0.15, -0.1) is 0 Å². The second-order valence-corrected chi connectivity index (χ2v) is 3.36. The third kappa shape index (κ3) is 1.65. The molecule has 0 unspecified atom stereocenters. The molecule has 0 saturated heterocycles. The molecule has 0 bridgehead atoms. The zero-order valence-electron chi connectivity index (χ0n) is 8.61. The fourth-order valence-corrected chi connectivity index (χ4v) is 1.48. The largest absolute Gasteiger partial charge is 0.506 e. The number of carboxylic acids is 1. The molecule has 0 aliphatic heterocycles. The number of hydrogen-bond donors (Lipinski definition) is 2. The van der Waals surface area contributed by atoms with Crippen molar-refractivity contribution in [3.8, 4) is 5.75 Å². The van der Waals surface area contributed by atoms with Crippen LogP contribution in [0.3, 0.4) is 0 Å². The van der Waals surface area contributed by atoms with E-state index in [-0.39, 0.29) is 16.7 Å². The van der Waals surface area contributed by atoms with E-state index >= 15 is 0 Å². The van der Waals surface area contributed by atoms with Gasteiger partial charge >= 0.3 is 11.6 Å². The van der Waals surface area contributed by atoms with Crippen LogP contribution in [0.5, 0.6) is 5.75 Å². The van der Waals surface area contributed by atoms with Gasteiger partial charge in [0, 0.05) is 6.07 Å². The molecular formula is C10H5NO7. The molecule has 1 heterocycles. The van der Waals surface area contributed by atoms with Crippen molar-refractivity contribution in [2.24, 2.45) is 0 Å². The summed E-state index contributed by atoms with van der Waals surface area (Å²) in [5.74, 6) is -2.41. The molecule has 2 aromatic rings. The van der Waals surface area contributed by atoms with Crippen molar-refractivity contribution >= 4 is 22.6 Å². The van der Waals surface area contributed by atoms with Crippen LogP contribution in [0.15, 0.2) is 27.4 Å². The predicted molar refractivity (Wildman–Crippen MR) is 57.8 cm³/mol. The van der Waals surface area contributed by atoms with E-state index in [0.717, 1.165) is 18.2 Å². The number of carboxylic acid groups (broad SMARTS) is 1. The second kappa shape index (κ2) is 3.84. The minimum Gasteiger partial charge on any atom is -0.506 e. The zero-order valence-corrected chi connectivity index (χ0v) is 8.61. The Bertz CT molecular complexity index is 731. The maximum absolute atomic E-state index is 11.3. The topological polar surface area (TPSA) is 131 Å². The Morgan fingerprint density at radius 1 is 1.39 bits per heavy atom. The van der Waals surface area contributed by atoms with Crippen molar-refractivity contribution in [2.75, 3.05) is 0 Å². The van der Waals surface area contributed by atoms with Gasteiger partial charge in [-0.2, -0.15) is 0 Å². The van der Waals surface area contributed by atoms with Crippen molar-refractivity contribution in [1.82, 2.24) is 0 Å². The van der Waals surface area contributed by atoms with Crippen molar-refractivity contribution < 1.29 is 24.3 Å². The molecule has 0 atom stereocenters. The molecule has 8 nitrogen and oxygen atoms in total. The molecule has 0 amide bonds. The lowest BCUT2D eigenvalue weighted by atomic mass is 10.1. The summed E-state index contributed by atoms with van der Waals surface area (Å²) in [6, 6.07) is 3.11. The summed E-state index contributed by atoms with van der Waals surface area (Å²) in [6.45, 7) is 0. The van der Waals surface area contributed by atoms with Crippen molar-refractivity contribution in [2.45, 2.75) is 0 Å². The lowest BCUT2D eigenvalue weighted by Crippen LogP contribution is -2.13. The Hall–Kier alpha value is -2.90. The van der Waals surface area contributed by atoms with Gasteiger partial charge in [0.2, 0.25) is 0 Å². The fraction of sp³-hybridized carbons (Fsp3) is 0. The summed E-state index contributed by atoms with van der Waals surface area (Å²) in [6.07, 6.45) is 0. The molecule has 8 heteroatoms. The van der Waals surface area contributed by atoms with Crippen LogP contribution in [0.1, 0.15) is 10.4 Å². The maximum atomic E-state index is 11.3. The van der Waals surface area contributed by atoms with Crippen LogP contribution in [-0.2, 0) is 0 Å². The molecule has 2 N–H and O–H groups in total. The number of fused-ring (bicyclic) bond motifs is 1. The van der Waals surface area contributed by atoms with Crippen LogP contribution in [-0.4, -0.2) is 21.1 Å². The summed E-state index contributed by atoms with van der Waals surface area (Å²) in [5, 5.41) is 28.8. The Kier molecular flexibility index (Phi) is 2.47. The fourth-order valence-electron chi connectivity index (χ4n) is 1.48. The molecule has 0 aliphatic carbocycles. The van der Waals surface area contributed by atoms with Crippen molar-refractivity contribution in [3.05, 3.63) is 44.3 Å². The van der Waals surface area contributed by atoms with Crippen molar-refractivity contribution in [3.63, 3.8) is 0 Å². The minimum atomic E-state index is -1.64. The van der Waals surface area contributed by atoms with Crippen LogP contribution >= 0.6 is 0 Å². The van der Waals surface area contributed by atoms with Gasteiger partial charge in [0.15, 0.2) is 5.56 Å². The smallest absolute Gasteiger partial charge is 0.354 e. The first kappa shape index (κ1) is 11.6. The van der Waals surface area contributed by atoms with Crippen LogP contribution in [0.4, 0.5) is 5.69 Å². The lowest BCUT2D eigenvalue weighted by molar-refractivity contribution is -0.384. The first-order valence-corrected chi connectivity index (χ1v) is 4.59. The van der Waals surface area contributed by atoms with E-state index < -0.39 is 27.8 Å². The Labute approximate surface area is 97.8 Å². The molecular weight excluding hydrogens is 246 g/mol. The number of hydrogen-bond acceptors (Lipinski definition) is 6. The average molecular weight is 251 g/mol. The Balaban J connectivity index is 2.86. The van der Waals surface area contributed by atoms with Crippen LogP contribution in [0.2, 0.25) is 0 Å². The van der Waals surface area contributed by atoms with E-state index in [1.165, 1.54) is 0 Å². The van der Waals surface area contributed by atoms with Gasteiger partial charge in [-0.05, 0) is 6.07 Å². The van der Waals surface area contributed by atoms with E-state index in [9.17, 15) is 24.8 Å². The van der Waals surface area contributed by atoms with Crippen LogP contribution in [0, 0.1) is 10.1 Å². The number of rotatable bonds is 2. The molecule has 1 aromatic carbocycles. The first-order chi connectivity index (χ1) is 8.41. The molecule has 0 fully saturated rings. The standard InChI is InChI=1S/C10H5NO7/c12-8-5-2-1-4(11(16)17)3-6(5)18-10(15)7(8)9(13)14/h1-3,12H,(H,13,14). The number of nitro benzene ring substituents is 1. The summed E-state index contributed by atoms with van der Waals surface area (Å²) in [4.78, 5) is 31.8. The van der Waals surface area contributed by atoms with Gasteiger partial charge in [0.25, 0.3) is 5.69 Å². The number of carbonyl (C=O) groups is 1. The molecule has 0 spiro atoms. The van der Waals surface area contributed by atoms with Gasteiger partial charge < -0.3 is 14.6 Å². The molecule has 1 aromatic heterocycles. The van der Waals surface area contributed by atoms with Crippen molar-refractivity contribution in [1.29, 1.82) is 0 Å². The number of aromatic hydroxyl groups is 1. The minimum absolute atomic E-state index is 0.0856.